The Bertz CT molecular complexity index is 2550. The molecule has 17 heteroatoms. The number of hydrogen-bond acceptors (Lipinski definition) is 11. The molecule has 0 radical (unpaired) electrons. The van der Waals surface area contributed by atoms with Gasteiger partial charge in [-0.1, -0.05) is 47.6 Å². The Morgan fingerprint density at radius 2 is 1.81 bits per heavy atom. The molecule has 8 bridgehead atoms. The molecule has 358 valence electrons. The number of rotatable bonds is 8. The molecule has 8 heterocycles. The standard InChI is InChI=1S/C50H66N10O6S/c1-9-58-40-17-14-30-20-34(40)35(44(58)33-12-10-18-51-42(33)28(2)3)22-50(6,7)27-66-48(64)36-13-11-19-59(55-36)47(63)37(21-41-53-39(30)26-67-41)54-45(61)43(29(4)5)56(8)49(65)60-31-15-16-32(60)25-57(24-31)46(62)38-23-52-38/h10,12,14,17-18,20,26,28-29,31-32,36-38,43,52,55H,9,11,13,15-16,19,21-25,27H2,1-8H3,(H,54,61)/t31?,32?,36-,37-,38+,43-/m0/s1. The predicted octanol–water partition coefficient (Wildman–Crippen LogP) is 5.34. The van der Waals surface area contributed by atoms with E-state index < -0.39 is 41.3 Å². The van der Waals surface area contributed by atoms with Gasteiger partial charge in [-0.25, -0.2) is 15.2 Å². The van der Waals surface area contributed by atoms with Crippen LogP contribution in [0.1, 0.15) is 96.3 Å². The first kappa shape index (κ1) is 46.7. The van der Waals surface area contributed by atoms with Crippen LogP contribution < -0.4 is 16.1 Å². The molecule has 9 rings (SSSR count). The molecule has 5 amide bonds. The Balaban J connectivity index is 1.04. The van der Waals surface area contributed by atoms with Crippen molar-refractivity contribution < 1.29 is 28.7 Å². The number of thiazole rings is 1. The van der Waals surface area contributed by atoms with E-state index in [1.807, 2.05) is 41.3 Å². The number of urea groups is 1. The number of hydrogen-bond donors (Lipinski definition) is 3. The number of pyridine rings is 1. The largest absolute Gasteiger partial charge is 0.464 e. The number of cyclic esters (lactones) is 1. The number of likely N-dealkylation sites (tertiary alicyclic amines) is 1. The van der Waals surface area contributed by atoms with Crippen LogP contribution in [0.5, 0.6) is 0 Å². The van der Waals surface area contributed by atoms with Gasteiger partial charge in [0.1, 0.15) is 18.1 Å². The van der Waals surface area contributed by atoms with E-state index in [1.165, 1.54) is 21.2 Å². The third kappa shape index (κ3) is 9.18. The molecule has 1 aromatic carbocycles. The van der Waals surface area contributed by atoms with E-state index in [1.54, 1.807) is 7.05 Å². The predicted molar refractivity (Wildman–Crippen MR) is 257 cm³/mol. The van der Waals surface area contributed by atoms with Crippen molar-refractivity contribution in [1.82, 2.24) is 50.3 Å². The molecule has 3 N–H and O–H groups in total. The smallest absolute Gasteiger partial charge is 0.324 e. The van der Waals surface area contributed by atoms with E-state index in [-0.39, 0.29) is 54.9 Å². The number of aromatic nitrogens is 3. The van der Waals surface area contributed by atoms with E-state index in [2.05, 4.69) is 79.5 Å². The minimum Gasteiger partial charge on any atom is -0.464 e. The average molecular weight is 935 g/mol. The van der Waals surface area contributed by atoms with Gasteiger partial charge in [-0.05, 0) is 80.7 Å². The number of likely N-dealkylation sites (N-methyl/N-ethyl adjacent to an activating group) is 1. The normalized spacial score (nSPS) is 24.4. The third-order valence-electron chi connectivity index (χ3n) is 14.3. The number of ether oxygens (including phenoxy) is 1. The maximum absolute atomic E-state index is 14.7. The number of carbonyl (C=O) groups excluding carboxylic acids is 5. The number of piperazine rings is 1. The average Bonchev–Trinajstić information content (AvgIpc) is 3.91. The minimum absolute atomic E-state index is 0.0850. The Morgan fingerprint density at radius 1 is 1.06 bits per heavy atom. The van der Waals surface area contributed by atoms with Crippen molar-refractivity contribution in [2.24, 2.45) is 11.3 Å². The Kier molecular flexibility index (Phi) is 13.0. The topological polar surface area (TPSA) is 184 Å². The van der Waals surface area contributed by atoms with E-state index in [0.717, 1.165) is 64.1 Å². The van der Waals surface area contributed by atoms with Gasteiger partial charge in [0.05, 0.1) is 46.8 Å². The maximum Gasteiger partial charge on any atom is 0.324 e. The fraction of sp³-hybridized carbons (Fsp3) is 0.580. The molecule has 4 fully saturated rings. The van der Waals surface area contributed by atoms with Crippen LogP contribution in [0.4, 0.5) is 4.79 Å². The van der Waals surface area contributed by atoms with E-state index >= 15 is 0 Å². The number of aryl methyl sites for hydroxylation is 1. The van der Waals surface area contributed by atoms with Gasteiger partial charge in [0.2, 0.25) is 11.8 Å². The zero-order valence-corrected chi connectivity index (χ0v) is 41.0. The highest BCUT2D eigenvalue weighted by Gasteiger charge is 2.48. The number of amides is 5. The molecule has 16 nitrogen and oxygen atoms in total. The van der Waals surface area contributed by atoms with E-state index in [4.69, 9.17) is 14.7 Å². The first-order valence-corrected chi connectivity index (χ1v) is 25.1. The molecule has 6 atom stereocenters. The van der Waals surface area contributed by atoms with E-state index in [9.17, 15) is 24.0 Å². The second-order valence-electron chi connectivity index (χ2n) is 20.6. The van der Waals surface area contributed by atoms with Gasteiger partial charge in [0.15, 0.2) is 0 Å². The summed E-state index contributed by atoms with van der Waals surface area (Å²) in [4.78, 5) is 85.9. The zero-order valence-electron chi connectivity index (χ0n) is 40.1. The summed E-state index contributed by atoms with van der Waals surface area (Å²) in [5.74, 6) is -1.32. The van der Waals surface area contributed by atoms with Crippen molar-refractivity contribution in [1.29, 1.82) is 0 Å². The van der Waals surface area contributed by atoms with Crippen LogP contribution in [-0.4, -0.2) is 140 Å². The number of benzene rings is 1. The lowest BCUT2D eigenvalue weighted by Gasteiger charge is -2.44. The van der Waals surface area contributed by atoms with Crippen molar-refractivity contribution >= 4 is 52.0 Å². The molecular weight excluding hydrogens is 869 g/mol. The lowest BCUT2D eigenvalue weighted by molar-refractivity contribution is -0.155. The van der Waals surface area contributed by atoms with Crippen molar-refractivity contribution in [2.45, 2.75) is 136 Å². The van der Waals surface area contributed by atoms with Gasteiger partial charge in [0, 0.05) is 85.2 Å². The minimum atomic E-state index is -1.07. The molecule has 67 heavy (non-hydrogen) atoms. The first-order chi connectivity index (χ1) is 32.0. The molecule has 5 aliphatic rings. The number of esters is 1. The van der Waals surface area contributed by atoms with Crippen molar-refractivity contribution in [3.63, 3.8) is 0 Å². The number of hydrazine groups is 1. The second-order valence-corrected chi connectivity index (χ2v) is 21.6. The van der Waals surface area contributed by atoms with Crippen LogP contribution in [0.15, 0.2) is 41.9 Å². The highest BCUT2D eigenvalue weighted by Crippen LogP contribution is 2.42. The van der Waals surface area contributed by atoms with Crippen LogP contribution in [0.25, 0.3) is 33.4 Å². The van der Waals surface area contributed by atoms with Gasteiger partial charge < -0.3 is 34.6 Å². The summed E-state index contributed by atoms with van der Waals surface area (Å²) in [6.07, 6.45) is 5.19. The summed E-state index contributed by atoms with van der Waals surface area (Å²) in [7, 11) is 1.65. The van der Waals surface area contributed by atoms with Gasteiger partial charge in [-0.15, -0.1) is 11.3 Å². The highest BCUT2D eigenvalue weighted by atomic mass is 32.1. The highest BCUT2D eigenvalue weighted by molar-refractivity contribution is 7.10. The third-order valence-corrected chi connectivity index (χ3v) is 15.2. The number of carbonyl (C=O) groups is 5. The summed E-state index contributed by atoms with van der Waals surface area (Å²) in [5, 5.41) is 11.4. The summed E-state index contributed by atoms with van der Waals surface area (Å²) >= 11 is 1.43. The molecule has 5 aliphatic heterocycles. The van der Waals surface area contributed by atoms with Crippen LogP contribution in [-0.2, 0) is 43.3 Å². The van der Waals surface area contributed by atoms with Crippen molar-refractivity contribution in [3.8, 4) is 22.5 Å². The molecule has 0 aliphatic carbocycles. The summed E-state index contributed by atoms with van der Waals surface area (Å²) < 4.78 is 8.50. The fourth-order valence-electron chi connectivity index (χ4n) is 10.9. The van der Waals surface area contributed by atoms with Gasteiger partial charge >= 0.3 is 12.0 Å². The van der Waals surface area contributed by atoms with Gasteiger partial charge in [-0.2, -0.15) is 0 Å². The lowest BCUT2D eigenvalue weighted by Crippen LogP contribution is -2.64. The summed E-state index contributed by atoms with van der Waals surface area (Å²) in [6, 6.07) is 7.21. The second kappa shape index (κ2) is 18.6. The van der Waals surface area contributed by atoms with Crippen LogP contribution in [0.3, 0.4) is 0 Å². The quantitative estimate of drug-likeness (QED) is 0.154. The van der Waals surface area contributed by atoms with E-state index in [0.29, 0.717) is 50.4 Å². The molecular formula is C50H66N10O6S. The number of fused-ring (bicyclic) bond motifs is 8. The van der Waals surface area contributed by atoms with Gasteiger partial charge in [0.25, 0.3) is 5.91 Å². The Hall–Kier alpha value is -5.39. The fourth-order valence-corrected chi connectivity index (χ4v) is 11.8. The molecule has 4 aromatic rings. The van der Waals surface area contributed by atoms with Crippen LogP contribution in [0.2, 0.25) is 0 Å². The molecule has 2 unspecified atom stereocenters. The Morgan fingerprint density at radius 3 is 2.49 bits per heavy atom. The van der Waals surface area contributed by atoms with Gasteiger partial charge in [-0.3, -0.25) is 29.2 Å². The number of nitrogens with zero attached hydrogens (tertiary/aromatic N) is 7. The SMILES string of the molecule is CCn1c(-c2cccnc2C(C)C)c2c3cc(ccc31)-c1csc(n1)C[C@H](NC(=O)[C@H](C(C)C)N(C)C(=O)N1C3CCC1CN(C(=O)[C@H]1CN1)C3)C(=O)N1CCC[C@H](N1)C(=O)OCC(C)(C)C2. The monoisotopic (exact) mass is 934 g/mol. The number of nitrogens with one attached hydrogen (secondary N) is 3. The van der Waals surface area contributed by atoms with Crippen LogP contribution >= 0.6 is 11.3 Å². The first-order valence-electron chi connectivity index (χ1n) is 24.2. The summed E-state index contributed by atoms with van der Waals surface area (Å²) in [5.41, 5.74) is 9.84. The van der Waals surface area contributed by atoms with Crippen molar-refractivity contribution in [2.75, 3.05) is 39.8 Å². The molecule has 0 spiro atoms. The molecule has 4 saturated heterocycles. The zero-order chi connectivity index (χ0) is 47.5. The maximum atomic E-state index is 14.7. The Labute approximate surface area is 397 Å². The lowest BCUT2D eigenvalue weighted by atomic mass is 9.84. The summed E-state index contributed by atoms with van der Waals surface area (Å²) in [6.45, 7) is 17.4. The molecule has 0 saturated carbocycles. The molecule has 3 aromatic heterocycles. The van der Waals surface area contributed by atoms with Crippen LogP contribution in [0, 0.1) is 11.3 Å². The van der Waals surface area contributed by atoms with Crippen molar-refractivity contribution in [3.05, 3.63) is 58.2 Å².